The molecule has 42 heavy (non-hydrogen) atoms. The summed E-state index contributed by atoms with van der Waals surface area (Å²) >= 11 is 7.52. The van der Waals surface area contributed by atoms with E-state index in [4.69, 9.17) is 0 Å². The zero-order valence-electron chi connectivity index (χ0n) is 24.5. The van der Waals surface area contributed by atoms with Gasteiger partial charge >= 0.3 is 0 Å². The third-order valence-electron chi connectivity index (χ3n) is 8.99. The van der Waals surface area contributed by atoms with Crippen LogP contribution in [0.2, 0.25) is 0 Å². The van der Waals surface area contributed by atoms with Crippen molar-refractivity contribution in [2.45, 2.75) is 78.9 Å². The molecule has 0 aliphatic heterocycles. The Balaban J connectivity index is 1.87. The Morgan fingerprint density at radius 2 is 0.738 bits per heavy atom. The predicted octanol–water partition coefficient (Wildman–Crippen LogP) is 12.2. The number of fused-ring (bicyclic) bond motifs is 12. The van der Waals surface area contributed by atoms with Gasteiger partial charge < -0.3 is 13.7 Å². The quantitative estimate of drug-likeness (QED) is 0.128. The number of benzene rings is 4. The molecule has 0 saturated carbocycles. The van der Waals surface area contributed by atoms with Gasteiger partial charge in [0, 0.05) is 79.2 Å². The Labute approximate surface area is 288 Å². The summed E-state index contributed by atoms with van der Waals surface area (Å²) in [6.07, 6.45) is 7.07. The molecule has 0 aliphatic rings. The average Bonchev–Trinajstić information content (AvgIpc) is 3.58. The number of rotatable bonds is 9. The van der Waals surface area contributed by atoms with Crippen LogP contribution >= 0.6 is 67.8 Å². The van der Waals surface area contributed by atoms with Crippen LogP contribution in [0.25, 0.3) is 65.4 Å². The van der Waals surface area contributed by atoms with Gasteiger partial charge in [0.1, 0.15) is 0 Å². The Hall–Kier alpha value is -1.53. The van der Waals surface area contributed by atoms with E-state index >= 15 is 0 Å². The molecular formula is C36H36I3N3. The lowest BCUT2D eigenvalue weighted by molar-refractivity contribution is 0.662. The van der Waals surface area contributed by atoms with Crippen LogP contribution in [-0.4, -0.2) is 13.7 Å². The normalized spacial score (nSPS) is 12.4. The van der Waals surface area contributed by atoms with Crippen molar-refractivity contribution in [3.8, 4) is 0 Å². The van der Waals surface area contributed by atoms with Gasteiger partial charge in [-0.15, -0.1) is 0 Å². The monoisotopic (exact) mass is 891 g/mol. The molecule has 0 fully saturated rings. The van der Waals surface area contributed by atoms with Gasteiger partial charge in [0.25, 0.3) is 0 Å². The van der Waals surface area contributed by atoms with Crippen LogP contribution in [0.1, 0.15) is 59.3 Å². The van der Waals surface area contributed by atoms with Crippen LogP contribution in [0, 0.1) is 10.7 Å². The summed E-state index contributed by atoms with van der Waals surface area (Å²) in [6.45, 7) is 10.1. The fourth-order valence-electron chi connectivity index (χ4n) is 7.12. The Kier molecular flexibility index (Phi) is 8.18. The lowest BCUT2D eigenvalue weighted by Crippen LogP contribution is -2.01. The molecule has 0 aliphatic carbocycles. The standard InChI is InChI=1S/C36H36I3N3/c1-4-7-16-40-28-13-10-22(37)19-25(28)31-34(40)32-26-20-23(38)11-14-29(26)41(17-8-5-2)36(32)33-27-21-24(39)12-15-30(27)42(35(31)33)18-9-6-3/h10-15,19-21H,4-9,16-18H2,1-3H3. The molecule has 216 valence electrons. The molecule has 7 rings (SSSR count). The fourth-order valence-corrected chi connectivity index (χ4v) is 8.60. The molecule has 0 atom stereocenters. The third-order valence-corrected chi connectivity index (χ3v) is 11.0. The van der Waals surface area contributed by atoms with Crippen LogP contribution in [0.5, 0.6) is 0 Å². The molecule has 0 N–H and O–H groups in total. The van der Waals surface area contributed by atoms with E-state index in [1.165, 1.54) is 115 Å². The molecule has 3 nitrogen and oxygen atoms in total. The molecule has 0 bridgehead atoms. The minimum Gasteiger partial charge on any atom is -0.340 e. The average molecular weight is 891 g/mol. The first kappa shape index (κ1) is 29.2. The smallest absolute Gasteiger partial charge is 0.0614 e. The minimum atomic E-state index is 1.04. The lowest BCUT2D eigenvalue weighted by atomic mass is 10.0. The highest BCUT2D eigenvalue weighted by Gasteiger charge is 2.27. The van der Waals surface area contributed by atoms with Gasteiger partial charge in [-0.1, -0.05) is 40.0 Å². The number of nitrogens with zero attached hydrogens (tertiary/aromatic N) is 3. The second-order valence-corrected chi connectivity index (χ2v) is 15.4. The summed E-state index contributed by atoms with van der Waals surface area (Å²) in [6, 6.07) is 21.3. The van der Waals surface area contributed by atoms with Crippen LogP contribution < -0.4 is 0 Å². The molecule has 4 aromatic carbocycles. The van der Waals surface area contributed by atoms with Crippen molar-refractivity contribution < 1.29 is 0 Å². The second-order valence-electron chi connectivity index (χ2n) is 11.7. The summed E-state index contributed by atoms with van der Waals surface area (Å²) in [4.78, 5) is 0. The van der Waals surface area contributed by atoms with Crippen molar-refractivity contribution in [1.82, 2.24) is 13.7 Å². The summed E-state index contributed by atoms with van der Waals surface area (Å²) in [7, 11) is 0. The van der Waals surface area contributed by atoms with Crippen LogP contribution in [0.4, 0.5) is 0 Å². The first-order chi connectivity index (χ1) is 20.5. The van der Waals surface area contributed by atoms with Crippen molar-refractivity contribution in [2.75, 3.05) is 0 Å². The largest absolute Gasteiger partial charge is 0.340 e. The minimum absolute atomic E-state index is 1.04. The van der Waals surface area contributed by atoms with Crippen LogP contribution in [-0.2, 0) is 19.6 Å². The third kappa shape index (κ3) is 4.51. The van der Waals surface area contributed by atoms with Gasteiger partial charge in [-0.2, -0.15) is 0 Å². The number of unbranched alkanes of at least 4 members (excludes halogenated alkanes) is 3. The van der Waals surface area contributed by atoms with E-state index < -0.39 is 0 Å². The van der Waals surface area contributed by atoms with Crippen LogP contribution in [0.15, 0.2) is 54.6 Å². The van der Waals surface area contributed by atoms with E-state index in [1.807, 2.05) is 0 Å². The lowest BCUT2D eigenvalue weighted by Gasteiger charge is -2.13. The molecule has 6 heteroatoms. The summed E-state index contributed by atoms with van der Waals surface area (Å²) < 4.78 is 11.9. The first-order valence-electron chi connectivity index (χ1n) is 15.4. The van der Waals surface area contributed by atoms with Crippen LogP contribution in [0.3, 0.4) is 0 Å². The zero-order chi connectivity index (χ0) is 29.1. The van der Waals surface area contributed by atoms with Gasteiger partial charge in [-0.25, -0.2) is 0 Å². The van der Waals surface area contributed by atoms with Crippen molar-refractivity contribution in [2.24, 2.45) is 0 Å². The summed E-state index contributed by atoms with van der Waals surface area (Å²) in [5.41, 5.74) is 8.40. The molecule has 0 saturated heterocycles. The molecule has 3 aromatic heterocycles. The SMILES string of the molecule is CCCCn1c2ccc(I)cc2c2c1c1c3cc(I)ccc3n(CCCC)c1c1c3cc(I)ccc3n(CCCC)c21. The van der Waals surface area contributed by atoms with E-state index in [1.54, 1.807) is 0 Å². The number of aromatic nitrogens is 3. The first-order valence-corrected chi connectivity index (χ1v) is 18.7. The Morgan fingerprint density at radius 1 is 0.452 bits per heavy atom. The summed E-state index contributed by atoms with van der Waals surface area (Å²) in [5, 5.41) is 8.52. The van der Waals surface area contributed by atoms with Crippen molar-refractivity contribution in [3.05, 3.63) is 65.3 Å². The van der Waals surface area contributed by atoms with E-state index in [-0.39, 0.29) is 0 Å². The number of hydrogen-bond donors (Lipinski definition) is 0. The Morgan fingerprint density at radius 3 is 1.00 bits per heavy atom. The van der Waals surface area contributed by atoms with Crippen molar-refractivity contribution in [3.63, 3.8) is 0 Å². The zero-order valence-corrected chi connectivity index (χ0v) is 31.0. The molecule has 0 amide bonds. The highest BCUT2D eigenvalue weighted by molar-refractivity contribution is 14.1. The van der Waals surface area contributed by atoms with E-state index in [9.17, 15) is 0 Å². The van der Waals surface area contributed by atoms with Gasteiger partial charge in [-0.05, 0) is 142 Å². The van der Waals surface area contributed by atoms with Crippen molar-refractivity contribution >= 4 is 133 Å². The molecule has 0 spiro atoms. The fraction of sp³-hybridized carbons (Fsp3) is 0.333. The molecule has 0 unspecified atom stereocenters. The highest BCUT2D eigenvalue weighted by atomic mass is 127. The van der Waals surface area contributed by atoms with Gasteiger partial charge in [0.05, 0.1) is 16.6 Å². The van der Waals surface area contributed by atoms with Gasteiger partial charge in [0.15, 0.2) is 0 Å². The number of hydrogen-bond acceptors (Lipinski definition) is 0. The van der Waals surface area contributed by atoms with Gasteiger partial charge in [0.2, 0.25) is 0 Å². The van der Waals surface area contributed by atoms with E-state index in [2.05, 4.69) is 157 Å². The van der Waals surface area contributed by atoms with Crippen molar-refractivity contribution in [1.29, 1.82) is 0 Å². The molecule has 7 aromatic rings. The predicted molar refractivity (Wildman–Crippen MR) is 208 cm³/mol. The molecule has 0 radical (unpaired) electrons. The Bertz CT molecular complexity index is 1870. The molecule has 3 heterocycles. The van der Waals surface area contributed by atoms with E-state index in [0.717, 1.165) is 19.6 Å². The highest BCUT2D eigenvalue weighted by Crippen LogP contribution is 2.48. The summed E-state index contributed by atoms with van der Waals surface area (Å²) in [5.74, 6) is 0. The maximum absolute atomic E-state index is 2.68. The second kappa shape index (κ2) is 11.8. The van der Waals surface area contributed by atoms with Gasteiger partial charge in [-0.3, -0.25) is 0 Å². The number of halogens is 3. The maximum atomic E-state index is 2.68. The number of aryl methyl sites for hydroxylation is 3. The van der Waals surface area contributed by atoms with E-state index in [0.29, 0.717) is 0 Å². The topological polar surface area (TPSA) is 14.8 Å². The maximum Gasteiger partial charge on any atom is 0.0614 e. The molecular weight excluding hydrogens is 855 g/mol.